The monoisotopic (exact) mass is 594 g/mol. The SMILES string of the molecule is COC(=O)c1ccc2nc(CN3CCC(Oc4ccnc(COc5ccc(Cl)cc5F)c4)CC3)n(CC3(O)CC3)c2c1. The van der Waals surface area contributed by atoms with Crippen LogP contribution in [0.4, 0.5) is 4.39 Å². The lowest BCUT2D eigenvalue weighted by Gasteiger charge is -2.32. The second kappa shape index (κ2) is 11.9. The molecule has 2 aromatic carbocycles. The molecular weight excluding hydrogens is 563 g/mol. The summed E-state index contributed by atoms with van der Waals surface area (Å²) in [5, 5.41) is 11.0. The predicted molar refractivity (Wildman–Crippen MR) is 154 cm³/mol. The molecule has 2 aliphatic rings. The van der Waals surface area contributed by atoms with Gasteiger partial charge in [0, 0.05) is 30.4 Å². The average Bonchev–Trinajstić information content (AvgIpc) is 3.63. The van der Waals surface area contributed by atoms with E-state index in [1.165, 1.54) is 19.2 Å². The minimum atomic E-state index is -0.720. The zero-order valence-corrected chi connectivity index (χ0v) is 24.0. The fourth-order valence-corrected chi connectivity index (χ4v) is 5.40. The van der Waals surface area contributed by atoms with E-state index >= 15 is 0 Å². The highest BCUT2D eigenvalue weighted by Gasteiger charge is 2.41. The summed E-state index contributed by atoms with van der Waals surface area (Å²) < 4.78 is 32.8. The van der Waals surface area contributed by atoms with E-state index in [9.17, 15) is 14.3 Å². The van der Waals surface area contributed by atoms with Crippen LogP contribution >= 0.6 is 11.6 Å². The van der Waals surface area contributed by atoms with Gasteiger partial charge in [-0.1, -0.05) is 11.6 Å². The van der Waals surface area contributed by atoms with Gasteiger partial charge < -0.3 is 23.9 Å². The van der Waals surface area contributed by atoms with Crippen LogP contribution in [0, 0.1) is 5.82 Å². The standard InChI is InChI=1S/C31H32ClFN4O5/c1-40-30(38)20-2-4-26-27(14-20)37(19-31(39)9-10-31)29(35-26)17-36-12-7-23(8-13-36)42-24-6-11-34-22(16-24)18-41-28-5-3-21(32)15-25(28)33/h2-6,11,14-16,23,39H,7-10,12-13,17-19H2,1H3. The lowest BCUT2D eigenvalue weighted by atomic mass is 10.1. The molecule has 0 atom stereocenters. The first-order valence-corrected chi connectivity index (χ1v) is 14.4. The molecule has 1 aliphatic heterocycles. The molecule has 1 N–H and O–H groups in total. The molecule has 42 heavy (non-hydrogen) atoms. The minimum Gasteiger partial charge on any atom is -0.490 e. The van der Waals surface area contributed by atoms with Gasteiger partial charge in [0.1, 0.15) is 24.3 Å². The number of ether oxygens (including phenoxy) is 3. The molecule has 9 nitrogen and oxygen atoms in total. The topological polar surface area (TPSA) is 98.9 Å². The highest BCUT2D eigenvalue weighted by atomic mass is 35.5. The van der Waals surface area contributed by atoms with Gasteiger partial charge in [-0.3, -0.25) is 9.88 Å². The Balaban J connectivity index is 1.07. The highest BCUT2D eigenvalue weighted by molar-refractivity contribution is 6.30. The first kappa shape index (κ1) is 28.4. The summed E-state index contributed by atoms with van der Waals surface area (Å²) >= 11 is 5.81. The van der Waals surface area contributed by atoms with E-state index in [4.69, 9.17) is 30.8 Å². The lowest BCUT2D eigenvalue weighted by Crippen LogP contribution is -2.38. The smallest absolute Gasteiger partial charge is 0.337 e. The van der Waals surface area contributed by atoms with E-state index in [-0.39, 0.29) is 18.5 Å². The second-order valence-electron chi connectivity index (χ2n) is 11.0. The number of rotatable bonds is 10. The highest BCUT2D eigenvalue weighted by Crippen LogP contribution is 2.38. The van der Waals surface area contributed by atoms with Gasteiger partial charge in [-0.2, -0.15) is 0 Å². The van der Waals surface area contributed by atoms with Crippen LogP contribution < -0.4 is 9.47 Å². The average molecular weight is 595 g/mol. The van der Waals surface area contributed by atoms with Gasteiger partial charge in [-0.25, -0.2) is 14.2 Å². The van der Waals surface area contributed by atoms with Crippen molar-refractivity contribution in [3.63, 3.8) is 0 Å². The van der Waals surface area contributed by atoms with E-state index in [0.29, 0.717) is 35.1 Å². The molecule has 0 amide bonds. The maximum atomic E-state index is 14.0. The van der Waals surface area contributed by atoms with Gasteiger partial charge in [-0.15, -0.1) is 0 Å². The third kappa shape index (κ3) is 6.51. The van der Waals surface area contributed by atoms with E-state index in [0.717, 1.165) is 55.6 Å². The van der Waals surface area contributed by atoms with Crippen LogP contribution in [0.1, 0.15) is 47.6 Å². The number of esters is 1. The molecule has 2 aromatic heterocycles. The third-order valence-electron chi connectivity index (χ3n) is 7.79. The number of fused-ring (bicyclic) bond motifs is 1. The van der Waals surface area contributed by atoms with Crippen molar-refractivity contribution < 1.29 is 28.5 Å². The number of methoxy groups -OCH3 is 1. The van der Waals surface area contributed by atoms with Crippen molar-refractivity contribution in [3.8, 4) is 11.5 Å². The zero-order chi connectivity index (χ0) is 29.3. The van der Waals surface area contributed by atoms with Crippen molar-refractivity contribution in [1.29, 1.82) is 0 Å². The molecule has 1 saturated carbocycles. The van der Waals surface area contributed by atoms with Crippen LogP contribution in [-0.4, -0.2) is 62.4 Å². The van der Waals surface area contributed by atoms with Crippen molar-refractivity contribution in [2.24, 2.45) is 0 Å². The normalized spacial score (nSPS) is 16.9. The molecule has 6 rings (SSSR count). The number of pyridine rings is 1. The second-order valence-corrected chi connectivity index (χ2v) is 11.4. The molecule has 1 aliphatic carbocycles. The number of piperidine rings is 1. The molecule has 3 heterocycles. The zero-order valence-electron chi connectivity index (χ0n) is 23.3. The summed E-state index contributed by atoms with van der Waals surface area (Å²) in [6.45, 7) is 2.82. The fraction of sp³-hybridized carbons (Fsp3) is 0.387. The van der Waals surface area contributed by atoms with Crippen LogP contribution in [0.15, 0.2) is 54.7 Å². The van der Waals surface area contributed by atoms with Gasteiger partial charge in [0.25, 0.3) is 0 Å². The van der Waals surface area contributed by atoms with Crippen molar-refractivity contribution in [2.75, 3.05) is 20.2 Å². The molecule has 11 heteroatoms. The number of carbonyl (C=O) groups excluding carboxylic acids is 1. The van der Waals surface area contributed by atoms with Gasteiger partial charge in [-0.05, 0) is 68.1 Å². The van der Waals surface area contributed by atoms with Crippen molar-refractivity contribution in [1.82, 2.24) is 19.4 Å². The largest absolute Gasteiger partial charge is 0.490 e. The molecule has 0 bridgehead atoms. The van der Waals surface area contributed by atoms with E-state index < -0.39 is 17.4 Å². The van der Waals surface area contributed by atoms with Gasteiger partial charge in [0.2, 0.25) is 0 Å². The number of aromatic nitrogens is 3. The van der Waals surface area contributed by atoms with Crippen LogP contribution in [0.2, 0.25) is 5.02 Å². The number of nitrogens with zero attached hydrogens (tertiary/aromatic N) is 4. The molecule has 0 spiro atoms. The number of hydrogen-bond donors (Lipinski definition) is 1. The number of benzene rings is 2. The van der Waals surface area contributed by atoms with Crippen molar-refractivity contribution in [2.45, 2.75) is 57.1 Å². The van der Waals surface area contributed by atoms with Crippen LogP contribution in [0.25, 0.3) is 11.0 Å². The number of hydrogen-bond acceptors (Lipinski definition) is 8. The minimum absolute atomic E-state index is 0.0414. The van der Waals surface area contributed by atoms with Crippen LogP contribution in [0.5, 0.6) is 11.5 Å². The van der Waals surface area contributed by atoms with Gasteiger partial charge >= 0.3 is 5.97 Å². The molecule has 220 valence electrons. The quantitative estimate of drug-likeness (QED) is 0.252. The summed E-state index contributed by atoms with van der Waals surface area (Å²) in [5.41, 5.74) is 1.98. The Morgan fingerprint density at radius 1 is 1.14 bits per heavy atom. The Labute approximate surface area is 247 Å². The van der Waals surface area contributed by atoms with E-state index in [1.807, 2.05) is 22.8 Å². The molecule has 2 fully saturated rings. The maximum absolute atomic E-state index is 14.0. The van der Waals surface area contributed by atoms with E-state index in [1.54, 1.807) is 24.4 Å². The Bertz CT molecular complexity index is 1600. The van der Waals surface area contributed by atoms with E-state index in [2.05, 4.69) is 9.88 Å². The Morgan fingerprint density at radius 3 is 2.69 bits per heavy atom. The summed E-state index contributed by atoms with van der Waals surface area (Å²) in [6, 6.07) is 13.3. The van der Waals surface area contributed by atoms with Crippen LogP contribution in [0.3, 0.4) is 0 Å². The maximum Gasteiger partial charge on any atom is 0.337 e. The van der Waals surface area contributed by atoms with Crippen molar-refractivity contribution in [3.05, 3.63) is 82.6 Å². The first-order chi connectivity index (χ1) is 20.3. The number of aliphatic hydroxyl groups is 1. The Morgan fingerprint density at radius 2 is 1.95 bits per heavy atom. The predicted octanol–water partition coefficient (Wildman–Crippen LogP) is 5.16. The Hall–Kier alpha value is -3.73. The van der Waals surface area contributed by atoms with Crippen molar-refractivity contribution >= 4 is 28.6 Å². The number of carbonyl (C=O) groups is 1. The Kier molecular flexibility index (Phi) is 8.02. The molecule has 4 aromatic rings. The fourth-order valence-electron chi connectivity index (χ4n) is 5.24. The first-order valence-electron chi connectivity index (χ1n) is 14.0. The third-order valence-corrected chi connectivity index (χ3v) is 8.02. The summed E-state index contributed by atoms with van der Waals surface area (Å²) in [7, 11) is 1.36. The summed E-state index contributed by atoms with van der Waals surface area (Å²) in [4.78, 5) is 23.7. The number of halogens is 2. The van der Waals surface area contributed by atoms with Gasteiger partial charge in [0.15, 0.2) is 11.6 Å². The molecule has 0 unspecified atom stereocenters. The molecular formula is C31H32ClFN4O5. The lowest BCUT2D eigenvalue weighted by molar-refractivity contribution is 0.0601. The number of likely N-dealkylation sites (tertiary alicyclic amines) is 1. The molecule has 0 radical (unpaired) electrons. The number of imidazole rings is 1. The summed E-state index contributed by atoms with van der Waals surface area (Å²) in [6.07, 6.45) is 4.88. The van der Waals surface area contributed by atoms with Gasteiger partial charge in [0.05, 0.1) is 48.1 Å². The van der Waals surface area contributed by atoms with Crippen LogP contribution in [-0.2, 0) is 24.4 Å². The molecule has 1 saturated heterocycles. The summed E-state index contributed by atoms with van der Waals surface area (Å²) in [5.74, 6) is 0.750.